The van der Waals surface area contributed by atoms with E-state index in [0.717, 1.165) is 6.42 Å². The molecule has 142 valence electrons. The number of aliphatic hydroxyl groups excluding tert-OH is 3. The number of esters is 1. The van der Waals surface area contributed by atoms with E-state index in [9.17, 15) is 20.1 Å². The van der Waals surface area contributed by atoms with Crippen LogP contribution >= 0.6 is 0 Å². The lowest BCUT2D eigenvalue weighted by atomic mass is 9.48. The van der Waals surface area contributed by atoms with Gasteiger partial charge in [-0.1, -0.05) is 25.5 Å². The molecule has 1 saturated carbocycles. The molecule has 25 heavy (non-hydrogen) atoms. The molecule has 2 fully saturated rings. The van der Waals surface area contributed by atoms with Crippen molar-refractivity contribution in [1.29, 1.82) is 0 Å². The maximum Gasteiger partial charge on any atom is 0.302 e. The zero-order valence-electron chi connectivity index (χ0n) is 15.1. The first-order chi connectivity index (χ1) is 11.6. The summed E-state index contributed by atoms with van der Waals surface area (Å²) in [7, 11) is 0. The number of hydrogen-bond acceptors (Lipinski definition) is 7. The van der Waals surface area contributed by atoms with Crippen molar-refractivity contribution in [1.82, 2.24) is 0 Å². The number of rotatable bonds is 4. The molecule has 0 spiro atoms. The van der Waals surface area contributed by atoms with Crippen LogP contribution in [0.15, 0.2) is 11.6 Å². The second kappa shape index (κ2) is 6.63. The fourth-order valence-electron chi connectivity index (χ4n) is 4.44. The molecule has 0 aromatic carbocycles. The molecule has 1 heterocycles. The fraction of sp³-hybridized carbons (Fsp3) is 0.833. The Labute approximate surface area is 147 Å². The van der Waals surface area contributed by atoms with Crippen LogP contribution in [-0.4, -0.2) is 64.7 Å². The van der Waals surface area contributed by atoms with Gasteiger partial charge in [-0.25, -0.2) is 0 Å². The summed E-state index contributed by atoms with van der Waals surface area (Å²) >= 11 is 0. The lowest BCUT2D eigenvalue weighted by Gasteiger charge is -2.59. The summed E-state index contributed by atoms with van der Waals surface area (Å²) in [4.78, 5) is 11.0. The molecule has 0 aromatic rings. The number of aliphatic hydroxyl groups is 3. The van der Waals surface area contributed by atoms with E-state index in [1.54, 1.807) is 0 Å². The summed E-state index contributed by atoms with van der Waals surface area (Å²) in [5, 5.41) is 30.4. The van der Waals surface area contributed by atoms with E-state index in [4.69, 9.17) is 14.2 Å². The Morgan fingerprint density at radius 1 is 1.28 bits per heavy atom. The fourth-order valence-corrected chi connectivity index (χ4v) is 4.44. The minimum absolute atomic E-state index is 0.123. The Balaban J connectivity index is 1.70. The Morgan fingerprint density at radius 3 is 2.52 bits per heavy atom. The maximum absolute atomic E-state index is 11.0. The van der Waals surface area contributed by atoms with Crippen LogP contribution in [-0.2, 0) is 19.0 Å². The van der Waals surface area contributed by atoms with Crippen molar-refractivity contribution in [2.24, 2.45) is 17.3 Å². The van der Waals surface area contributed by atoms with E-state index in [1.807, 2.05) is 0 Å². The first-order valence-electron chi connectivity index (χ1n) is 8.79. The van der Waals surface area contributed by atoms with E-state index in [2.05, 4.69) is 26.8 Å². The van der Waals surface area contributed by atoms with Crippen molar-refractivity contribution in [3.63, 3.8) is 0 Å². The molecule has 0 aromatic heterocycles. The molecule has 7 heteroatoms. The molecule has 1 saturated heterocycles. The Morgan fingerprint density at radius 2 is 1.96 bits per heavy atom. The van der Waals surface area contributed by atoms with Crippen molar-refractivity contribution in [2.45, 2.75) is 70.9 Å². The van der Waals surface area contributed by atoms with Crippen LogP contribution in [0.5, 0.6) is 0 Å². The molecule has 4 rings (SSSR count). The highest BCUT2D eigenvalue weighted by molar-refractivity contribution is 5.65. The average molecular weight is 356 g/mol. The summed E-state index contributed by atoms with van der Waals surface area (Å²) in [6, 6.07) is 0. The second-order valence-corrected chi connectivity index (χ2v) is 8.04. The molecule has 0 radical (unpaired) electrons. The van der Waals surface area contributed by atoms with Gasteiger partial charge in [0, 0.05) is 6.92 Å². The third kappa shape index (κ3) is 3.24. The predicted octanol–water partition coefficient (Wildman–Crippen LogP) is 0.364. The molecule has 0 amide bonds. The van der Waals surface area contributed by atoms with Gasteiger partial charge in [-0.2, -0.15) is 0 Å². The van der Waals surface area contributed by atoms with Gasteiger partial charge >= 0.3 is 5.97 Å². The van der Waals surface area contributed by atoms with Gasteiger partial charge < -0.3 is 29.5 Å². The highest BCUT2D eigenvalue weighted by atomic mass is 16.7. The molecule has 8 unspecified atom stereocenters. The van der Waals surface area contributed by atoms with E-state index in [1.165, 1.54) is 12.5 Å². The van der Waals surface area contributed by atoms with Crippen LogP contribution in [0.3, 0.4) is 0 Å². The SMILES string of the molecule is CC(=O)OCC1OC(OC2C=C(C)C3CC2C3(C)C)C(O)C(O)C1O. The summed E-state index contributed by atoms with van der Waals surface area (Å²) in [5.41, 5.74) is 1.39. The summed E-state index contributed by atoms with van der Waals surface area (Å²) in [5.74, 6) is 0.355. The van der Waals surface area contributed by atoms with Gasteiger partial charge in [0.25, 0.3) is 0 Å². The molecule has 8 atom stereocenters. The first kappa shape index (κ1) is 18.8. The standard InChI is InChI=1S/C18H28O7/c1-8-5-12(11-6-10(8)18(11,3)4)24-17-16(22)15(21)14(20)13(25-17)7-23-9(2)19/h5,10-17,20-22H,6-7H2,1-4H3. The molecular formula is C18H28O7. The zero-order chi connectivity index (χ0) is 18.5. The molecule has 2 bridgehead atoms. The minimum atomic E-state index is -1.44. The normalized spacial score (nSPS) is 45.3. The zero-order valence-corrected chi connectivity index (χ0v) is 15.1. The van der Waals surface area contributed by atoms with Gasteiger partial charge in [0.05, 0.1) is 6.10 Å². The van der Waals surface area contributed by atoms with Crippen LogP contribution in [0.2, 0.25) is 0 Å². The number of ether oxygens (including phenoxy) is 3. The van der Waals surface area contributed by atoms with Crippen LogP contribution in [0.1, 0.15) is 34.1 Å². The maximum atomic E-state index is 11.0. The molecule has 7 nitrogen and oxygen atoms in total. The number of carbonyl (C=O) groups is 1. The third-order valence-corrected chi connectivity index (χ3v) is 6.13. The van der Waals surface area contributed by atoms with E-state index < -0.39 is 36.7 Å². The molecule has 3 N–H and O–H groups in total. The summed E-state index contributed by atoms with van der Waals surface area (Å²) < 4.78 is 16.5. The van der Waals surface area contributed by atoms with Gasteiger partial charge in [0.15, 0.2) is 6.29 Å². The van der Waals surface area contributed by atoms with Crippen LogP contribution in [0.4, 0.5) is 0 Å². The second-order valence-electron chi connectivity index (χ2n) is 8.04. The van der Waals surface area contributed by atoms with Gasteiger partial charge in [-0.05, 0) is 30.6 Å². The number of allylic oxidation sites excluding steroid dienone is 1. The van der Waals surface area contributed by atoms with Gasteiger partial charge in [-0.15, -0.1) is 0 Å². The molecule has 1 aliphatic heterocycles. The van der Waals surface area contributed by atoms with Crippen LogP contribution < -0.4 is 0 Å². The smallest absolute Gasteiger partial charge is 0.302 e. The number of fused-ring (bicyclic) bond motifs is 1. The van der Waals surface area contributed by atoms with Crippen molar-refractivity contribution in [3.8, 4) is 0 Å². The van der Waals surface area contributed by atoms with Gasteiger partial charge in [-0.3, -0.25) is 4.79 Å². The molecule has 3 aliphatic carbocycles. The summed E-state index contributed by atoms with van der Waals surface area (Å²) in [6.07, 6.45) is -3.36. The third-order valence-electron chi connectivity index (χ3n) is 6.13. The Kier molecular flexibility index (Phi) is 4.98. The largest absolute Gasteiger partial charge is 0.463 e. The Hall–Kier alpha value is -0.990. The molecular weight excluding hydrogens is 328 g/mol. The monoisotopic (exact) mass is 356 g/mol. The quantitative estimate of drug-likeness (QED) is 0.493. The van der Waals surface area contributed by atoms with Gasteiger partial charge in [0.2, 0.25) is 0 Å². The van der Waals surface area contributed by atoms with Crippen molar-refractivity contribution in [3.05, 3.63) is 11.6 Å². The minimum Gasteiger partial charge on any atom is -0.463 e. The molecule has 4 aliphatic rings. The first-order valence-corrected chi connectivity index (χ1v) is 8.79. The summed E-state index contributed by atoms with van der Waals surface area (Å²) in [6.45, 7) is 7.53. The topological polar surface area (TPSA) is 105 Å². The van der Waals surface area contributed by atoms with E-state index in [0.29, 0.717) is 11.8 Å². The van der Waals surface area contributed by atoms with Crippen molar-refractivity contribution in [2.75, 3.05) is 6.61 Å². The van der Waals surface area contributed by atoms with Crippen LogP contribution in [0.25, 0.3) is 0 Å². The Bertz CT molecular complexity index is 558. The average Bonchev–Trinajstić information content (AvgIpc) is 2.53. The van der Waals surface area contributed by atoms with E-state index >= 15 is 0 Å². The van der Waals surface area contributed by atoms with E-state index in [-0.39, 0.29) is 18.1 Å². The number of carbonyl (C=O) groups excluding carboxylic acids is 1. The van der Waals surface area contributed by atoms with Crippen LogP contribution in [0, 0.1) is 17.3 Å². The predicted molar refractivity (Wildman–Crippen MR) is 87.3 cm³/mol. The highest BCUT2D eigenvalue weighted by Crippen LogP contribution is 2.59. The van der Waals surface area contributed by atoms with Crippen molar-refractivity contribution >= 4 is 5.97 Å². The number of hydrogen-bond donors (Lipinski definition) is 3. The van der Waals surface area contributed by atoms with Crippen molar-refractivity contribution < 1.29 is 34.3 Å². The highest BCUT2D eigenvalue weighted by Gasteiger charge is 2.56. The van der Waals surface area contributed by atoms with Gasteiger partial charge in [0.1, 0.15) is 31.0 Å². The lowest BCUT2D eigenvalue weighted by molar-refractivity contribution is -0.318. The lowest BCUT2D eigenvalue weighted by Crippen LogP contribution is -2.62.